The average molecular weight is 601 g/mol. The second-order valence-corrected chi connectivity index (χ2v) is 12.1. The minimum absolute atomic E-state index is 0.0614. The molecule has 0 radical (unpaired) electrons. The highest BCUT2D eigenvalue weighted by Gasteiger charge is 2.44. The molecule has 3 aromatic carbocycles. The molecule has 2 N–H and O–H groups in total. The molecule has 0 saturated carbocycles. The number of halogens is 2. The summed E-state index contributed by atoms with van der Waals surface area (Å²) in [7, 11) is -2.73. The van der Waals surface area contributed by atoms with Crippen molar-refractivity contribution in [1.82, 2.24) is 10.6 Å². The summed E-state index contributed by atoms with van der Waals surface area (Å²) in [5.74, 6) is -0.0815. The molecule has 9 nitrogen and oxygen atoms in total. The van der Waals surface area contributed by atoms with Crippen LogP contribution in [0.4, 0.5) is 11.4 Å². The Bertz CT molecular complexity index is 1590. The molecule has 2 aliphatic rings. The highest BCUT2D eigenvalue weighted by atomic mass is 35.5. The molecule has 12 heteroatoms. The molecule has 0 aliphatic carbocycles. The van der Waals surface area contributed by atoms with Gasteiger partial charge in [0.05, 0.1) is 39.3 Å². The Morgan fingerprint density at radius 1 is 1.05 bits per heavy atom. The van der Waals surface area contributed by atoms with E-state index < -0.39 is 27.9 Å². The number of nitrogens with zero attached hydrogens (tertiary/aromatic N) is 3. The number of hydrogen-bond acceptors (Lipinski definition) is 6. The van der Waals surface area contributed by atoms with Gasteiger partial charge >= 0.3 is 0 Å². The quantitative estimate of drug-likeness (QED) is 0.411. The molecule has 2 amide bonds. The van der Waals surface area contributed by atoms with Crippen LogP contribution in [0, 0.1) is 0 Å². The second kappa shape index (κ2) is 11.5. The van der Waals surface area contributed by atoms with Crippen molar-refractivity contribution in [2.45, 2.75) is 23.8 Å². The fourth-order valence-electron chi connectivity index (χ4n) is 4.78. The lowest BCUT2D eigenvalue weighted by atomic mass is 10.1. The van der Waals surface area contributed by atoms with Crippen LogP contribution in [0.15, 0.2) is 76.6 Å². The van der Waals surface area contributed by atoms with Crippen molar-refractivity contribution in [3.63, 3.8) is 0 Å². The van der Waals surface area contributed by atoms with Gasteiger partial charge in [-0.2, -0.15) is 0 Å². The first kappa shape index (κ1) is 27.9. The Morgan fingerprint density at radius 2 is 1.77 bits per heavy atom. The number of fused-ring (bicyclic) bond motifs is 1. The number of amides is 2. The van der Waals surface area contributed by atoms with E-state index in [0.717, 1.165) is 34.4 Å². The third kappa shape index (κ3) is 5.52. The van der Waals surface area contributed by atoms with Gasteiger partial charge in [0, 0.05) is 25.7 Å². The number of rotatable bonds is 8. The lowest BCUT2D eigenvalue weighted by Crippen LogP contribution is -2.55. The first-order valence-electron chi connectivity index (χ1n) is 12.7. The van der Waals surface area contributed by atoms with Crippen molar-refractivity contribution in [3.05, 3.63) is 87.9 Å². The standard InChI is InChI=1S/C28H27Cl2N5O4S/c1-34-23-4-2-3-5-24(23)35(40(38,39)20-10-11-21(29)22(30)16-20)25(28(34)37)17-26(36)31-13-12-18-6-8-19(9-7-18)27-32-14-15-33-27/h2-11,16,25H,12-15,17H2,1H3,(H,31,36)(H,32,33)/t25-/m1/s1. The molecule has 0 bridgehead atoms. The van der Waals surface area contributed by atoms with Crippen LogP contribution in [0.25, 0.3) is 0 Å². The van der Waals surface area contributed by atoms with Gasteiger partial charge in [0.25, 0.3) is 15.9 Å². The van der Waals surface area contributed by atoms with Gasteiger partial charge < -0.3 is 15.5 Å². The first-order chi connectivity index (χ1) is 19.2. The largest absolute Gasteiger partial charge is 0.368 e. The molecule has 5 rings (SSSR count). The fourth-order valence-corrected chi connectivity index (χ4v) is 6.79. The summed E-state index contributed by atoms with van der Waals surface area (Å²) < 4.78 is 28.8. The predicted octanol–water partition coefficient (Wildman–Crippen LogP) is 3.63. The number of aliphatic imine (C=N–C) groups is 1. The van der Waals surface area contributed by atoms with Gasteiger partial charge in [-0.05, 0) is 42.3 Å². The van der Waals surface area contributed by atoms with E-state index >= 15 is 0 Å². The number of anilines is 2. The van der Waals surface area contributed by atoms with Crippen molar-refractivity contribution < 1.29 is 18.0 Å². The Labute approximate surface area is 242 Å². The number of likely N-dealkylation sites (N-methyl/N-ethyl adjacent to an activating group) is 1. The van der Waals surface area contributed by atoms with Gasteiger partial charge in [-0.25, -0.2) is 8.42 Å². The molecular weight excluding hydrogens is 573 g/mol. The van der Waals surface area contributed by atoms with Crippen LogP contribution in [0.3, 0.4) is 0 Å². The molecule has 0 fully saturated rings. The molecule has 0 aromatic heterocycles. The number of sulfonamides is 1. The molecule has 3 aromatic rings. The summed E-state index contributed by atoms with van der Waals surface area (Å²) in [4.78, 5) is 32.1. The number of hydrogen-bond donors (Lipinski definition) is 2. The van der Waals surface area contributed by atoms with Crippen molar-refractivity contribution in [2.75, 3.05) is 35.9 Å². The topological polar surface area (TPSA) is 111 Å². The SMILES string of the molecule is CN1C(=O)[C@@H](CC(=O)NCCc2ccc(C3=NCCN3)cc2)N(S(=O)(=O)c2ccc(Cl)c(Cl)c2)c2ccccc21. The van der Waals surface area contributed by atoms with Gasteiger partial charge in [-0.15, -0.1) is 0 Å². The van der Waals surface area contributed by atoms with Gasteiger partial charge in [-0.3, -0.25) is 18.9 Å². The van der Waals surface area contributed by atoms with Gasteiger partial charge in [0.2, 0.25) is 5.91 Å². The van der Waals surface area contributed by atoms with Crippen LogP contribution < -0.4 is 19.8 Å². The zero-order valence-corrected chi connectivity index (χ0v) is 23.9. The third-order valence-electron chi connectivity index (χ3n) is 6.84. The third-order valence-corrected chi connectivity index (χ3v) is 9.40. The lowest BCUT2D eigenvalue weighted by molar-refractivity contribution is -0.126. The second-order valence-electron chi connectivity index (χ2n) is 9.44. The summed E-state index contributed by atoms with van der Waals surface area (Å²) in [6, 6.07) is 17.2. The van der Waals surface area contributed by atoms with E-state index in [1.807, 2.05) is 24.3 Å². The Morgan fingerprint density at radius 3 is 2.45 bits per heavy atom. The van der Waals surface area contributed by atoms with Crippen LogP contribution in [-0.4, -0.2) is 58.8 Å². The number of carbonyl (C=O) groups excluding carboxylic acids is 2. The molecule has 0 saturated heterocycles. The maximum atomic E-state index is 13.9. The molecule has 40 heavy (non-hydrogen) atoms. The molecule has 2 heterocycles. The van der Waals surface area contributed by atoms with E-state index in [2.05, 4.69) is 15.6 Å². The molecular formula is C28H27Cl2N5O4S. The average Bonchev–Trinajstić information content (AvgIpc) is 3.48. The zero-order chi connectivity index (χ0) is 28.4. The van der Waals surface area contributed by atoms with Crippen LogP contribution in [-0.2, 0) is 26.0 Å². The Hall–Kier alpha value is -3.60. The van der Waals surface area contributed by atoms with Crippen LogP contribution in [0.1, 0.15) is 17.5 Å². The fraction of sp³-hybridized carbons (Fsp3) is 0.250. The van der Waals surface area contributed by atoms with Crippen molar-refractivity contribution in [1.29, 1.82) is 0 Å². The van der Waals surface area contributed by atoms with Crippen LogP contribution >= 0.6 is 23.2 Å². The van der Waals surface area contributed by atoms with Gasteiger partial charge in [-0.1, -0.05) is 59.6 Å². The number of amidine groups is 1. The van der Waals surface area contributed by atoms with E-state index in [-0.39, 0.29) is 27.0 Å². The number of para-hydroxylation sites is 2. The summed E-state index contributed by atoms with van der Waals surface area (Å²) in [5, 5.41) is 6.33. The van der Waals surface area contributed by atoms with Crippen LogP contribution in [0.5, 0.6) is 0 Å². The van der Waals surface area contributed by atoms with E-state index in [9.17, 15) is 18.0 Å². The molecule has 0 spiro atoms. The Balaban J connectivity index is 1.34. The number of carbonyl (C=O) groups is 2. The van der Waals surface area contributed by atoms with Crippen molar-refractivity contribution in [3.8, 4) is 0 Å². The minimum Gasteiger partial charge on any atom is -0.368 e. The number of nitrogens with one attached hydrogen (secondary N) is 2. The molecule has 0 unspecified atom stereocenters. The van der Waals surface area contributed by atoms with E-state index in [1.54, 1.807) is 31.3 Å². The summed E-state index contributed by atoms with van der Waals surface area (Å²) in [6.07, 6.45) is 0.209. The molecule has 1 atom stereocenters. The van der Waals surface area contributed by atoms with E-state index in [1.165, 1.54) is 23.1 Å². The van der Waals surface area contributed by atoms with E-state index in [0.29, 0.717) is 18.7 Å². The lowest BCUT2D eigenvalue weighted by Gasteiger charge is -2.40. The maximum Gasteiger partial charge on any atom is 0.265 e. The Kier molecular flexibility index (Phi) is 8.02. The maximum absolute atomic E-state index is 13.9. The predicted molar refractivity (Wildman–Crippen MR) is 157 cm³/mol. The number of benzene rings is 3. The van der Waals surface area contributed by atoms with Crippen LogP contribution in [0.2, 0.25) is 10.0 Å². The van der Waals surface area contributed by atoms with Crippen molar-refractivity contribution in [2.24, 2.45) is 4.99 Å². The van der Waals surface area contributed by atoms with Crippen molar-refractivity contribution >= 4 is 62.2 Å². The molecule has 2 aliphatic heterocycles. The smallest absolute Gasteiger partial charge is 0.265 e. The minimum atomic E-state index is -4.29. The summed E-state index contributed by atoms with van der Waals surface area (Å²) >= 11 is 12.1. The summed E-state index contributed by atoms with van der Waals surface area (Å²) in [6.45, 7) is 1.92. The first-order valence-corrected chi connectivity index (χ1v) is 14.9. The van der Waals surface area contributed by atoms with Gasteiger partial charge in [0.1, 0.15) is 11.9 Å². The van der Waals surface area contributed by atoms with Gasteiger partial charge in [0.15, 0.2) is 0 Å². The highest BCUT2D eigenvalue weighted by molar-refractivity contribution is 7.93. The molecule has 208 valence electrons. The summed E-state index contributed by atoms with van der Waals surface area (Å²) in [5.41, 5.74) is 2.73. The highest BCUT2D eigenvalue weighted by Crippen LogP contribution is 2.40. The van der Waals surface area contributed by atoms with E-state index in [4.69, 9.17) is 23.2 Å². The zero-order valence-electron chi connectivity index (χ0n) is 21.6. The normalized spacial score (nSPS) is 16.8. The monoisotopic (exact) mass is 599 g/mol.